The summed E-state index contributed by atoms with van der Waals surface area (Å²) < 4.78 is 0. The van der Waals surface area contributed by atoms with Crippen molar-refractivity contribution in [2.45, 2.75) is 32.1 Å². The van der Waals surface area contributed by atoms with Gasteiger partial charge in [-0.2, -0.15) is 0 Å². The van der Waals surface area contributed by atoms with Crippen molar-refractivity contribution >= 4 is 5.91 Å². The molecule has 1 N–H and O–H groups in total. The highest BCUT2D eigenvalue weighted by Crippen LogP contribution is 2.14. The molecule has 2 rings (SSSR count). The number of carbonyl (C=O) groups excluding carboxylic acids is 1. The summed E-state index contributed by atoms with van der Waals surface area (Å²) in [7, 11) is 0. The fourth-order valence-corrected chi connectivity index (χ4v) is 2.19. The number of hydrogen-bond acceptors (Lipinski definition) is 2. The van der Waals surface area contributed by atoms with E-state index in [0.29, 0.717) is 5.91 Å². The maximum atomic E-state index is 11.9. The number of nitrogens with one attached hydrogen (secondary N) is 1. The van der Waals surface area contributed by atoms with E-state index in [4.69, 9.17) is 0 Å². The Morgan fingerprint density at radius 2 is 1.57 bits per heavy atom. The minimum absolute atomic E-state index is 0.287. The molecule has 0 aromatic heterocycles. The fraction of sp³-hybridized carbons (Fsp3) is 0.909. The molecule has 0 bridgehead atoms. The molecule has 0 unspecified atom stereocenters. The van der Waals surface area contributed by atoms with Crippen LogP contribution in [-0.4, -0.2) is 37.0 Å². The molecule has 0 aromatic carbocycles. The summed E-state index contributed by atoms with van der Waals surface area (Å²) in [6.45, 7) is 3.79. The zero-order valence-electron chi connectivity index (χ0n) is 8.80. The molecule has 2 heterocycles. The third-order valence-electron chi connectivity index (χ3n) is 3.30. The van der Waals surface area contributed by atoms with Crippen LogP contribution in [0.25, 0.3) is 0 Å². The zero-order valence-corrected chi connectivity index (χ0v) is 8.80. The second kappa shape index (κ2) is 4.78. The van der Waals surface area contributed by atoms with Crippen LogP contribution in [-0.2, 0) is 4.79 Å². The van der Waals surface area contributed by atoms with Crippen molar-refractivity contribution in [1.29, 1.82) is 0 Å². The summed E-state index contributed by atoms with van der Waals surface area (Å²) in [5.41, 5.74) is 0. The van der Waals surface area contributed by atoms with E-state index in [9.17, 15) is 4.79 Å². The van der Waals surface area contributed by atoms with Gasteiger partial charge in [-0.05, 0) is 12.8 Å². The molecule has 80 valence electrons. The Kier molecular flexibility index (Phi) is 3.40. The lowest BCUT2D eigenvalue weighted by Crippen LogP contribution is -2.52. The number of likely N-dealkylation sites (tertiary alicyclic amines) is 1. The van der Waals surface area contributed by atoms with Gasteiger partial charge in [0, 0.05) is 26.2 Å². The number of rotatable bonds is 1. The molecular weight excluding hydrogens is 176 g/mol. The van der Waals surface area contributed by atoms with Crippen LogP contribution >= 0.6 is 0 Å². The van der Waals surface area contributed by atoms with Gasteiger partial charge in [0.1, 0.15) is 0 Å². The van der Waals surface area contributed by atoms with Gasteiger partial charge < -0.3 is 10.2 Å². The first kappa shape index (κ1) is 9.97. The molecule has 1 amide bonds. The molecule has 2 aliphatic heterocycles. The second-order valence-electron chi connectivity index (χ2n) is 4.45. The topological polar surface area (TPSA) is 32.3 Å². The molecule has 0 aliphatic carbocycles. The summed E-state index contributed by atoms with van der Waals surface area (Å²) >= 11 is 0. The normalized spacial score (nSPS) is 25.0. The van der Waals surface area contributed by atoms with Gasteiger partial charge in [-0.15, -0.1) is 0 Å². The quantitative estimate of drug-likeness (QED) is 0.678. The number of hydrogen-bond donors (Lipinski definition) is 1. The van der Waals surface area contributed by atoms with E-state index in [-0.39, 0.29) is 5.92 Å². The standard InChI is InChI=1S/C11H20N2O/c14-11(10-8-12-9-10)13-6-4-2-1-3-5-7-13/h10,12H,1-9H2. The largest absolute Gasteiger partial charge is 0.342 e. The average molecular weight is 196 g/mol. The van der Waals surface area contributed by atoms with Gasteiger partial charge in [-0.1, -0.05) is 19.3 Å². The Balaban J connectivity index is 1.83. The van der Waals surface area contributed by atoms with Crippen molar-refractivity contribution < 1.29 is 4.79 Å². The van der Waals surface area contributed by atoms with Crippen molar-refractivity contribution in [2.24, 2.45) is 5.92 Å². The summed E-state index contributed by atoms with van der Waals surface area (Å²) in [5.74, 6) is 0.681. The summed E-state index contributed by atoms with van der Waals surface area (Å²) in [5, 5.41) is 3.16. The Morgan fingerprint density at radius 1 is 1.00 bits per heavy atom. The maximum absolute atomic E-state index is 11.9. The molecular formula is C11H20N2O. The second-order valence-corrected chi connectivity index (χ2v) is 4.45. The average Bonchev–Trinajstić information content (AvgIpc) is 1.99. The molecule has 3 nitrogen and oxygen atoms in total. The molecule has 14 heavy (non-hydrogen) atoms. The van der Waals surface area contributed by atoms with Crippen molar-refractivity contribution in [3.63, 3.8) is 0 Å². The lowest BCUT2D eigenvalue weighted by molar-refractivity contribution is -0.137. The van der Waals surface area contributed by atoms with E-state index in [1.165, 1.54) is 32.1 Å². The number of amides is 1. The van der Waals surface area contributed by atoms with E-state index >= 15 is 0 Å². The molecule has 0 atom stereocenters. The van der Waals surface area contributed by atoms with Gasteiger partial charge in [0.25, 0.3) is 0 Å². The minimum Gasteiger partial charge on any atom is -0.342 e. The van der Waals surface area contributed by atoms with Crippen LogP contribution in [0.2, 0.25) is 0 Å². The molecule has 2 aliphatic rings. The first-order chi connectivity index (χ1) is 6.88. The van der Waals surface area contributed by atoms with E-state index in [1.54, 1.807) is 0 Å². The highest BCUT2D eigenvalue weighted by Gasteiger charge is 2.28. The summed E-state index contributed by atoms with van der Waals surface area (Å²) in [6, 6.07) is 0. The lowest BCUT2D eigenvalue weighted by Gasteiger charge is -2.33. The Morgan fingerprint density at radius 3 is 2.07 bits per heavy atom. The minimum atomic E-state index is 0.287. The SMILES string of the molecule is O=C(C1CNC1)N1CCCCCCC1. The Bertz CT molecular complexity index is 193. The monoisotopic (exact) mass is 196 g/mol. The zero-order chi connectivity index (χ0) is 9.80. The molecule has 0 radical (unpaired) electrons. The van der Waals surface area contributed by atoms with E-state index in [2.05, 4.69) is 10.2 Å². The maximum Gasteiger partial charge on any atom is 0.228 e. The molecule has 0 aromatic rings. The van der Waals surface area contributed by atoms with Crippen LogP contribution in [0.5, 0.6) is 0 Å². The molecule has 3 heteroatoms. The number of nitrogens with zero attached hydrogens (tertiary/aromatic N) is 1. The molecule has 0 spiro atoms. The third kappa shape index (κ3) is 2.27. The van der Waals surface area contributed by atoms with E-state index in [0.717, 1.165) is 26.2 Å². The van der Waals surface area contributed by atoms with Crippen LogP contribution in [0.4, 0.5) is 0 Å². The van der Waals surface area contributed by atoms with Crippen LogP contribution in [0.3, 0.4) is 0 Å². The first-order valence-corrected chi connectivity index (χ1v) is 5.87. The Labute approximate surface area is 85.8 Å². The lowest BCUT2D eigenvalue weighted by atomic mass is 10.0. The van der Waals surface area contributed by atoms with E-state index in [1.807, 2.05) is 0 Å². The van der Waals surface area contributed by atoms with Crippen molar-refractivity contribution in [1.82, 2.24) is 10.2 Å². The van der Waals surface area contributed by atoms with Gasteiger partial charge in [0.2, 0.25) is 5.91 Å². The van der Waals surface area contributed by atoms with Crippen LogP contribution in [0, 0.1) is 5.92 Å². The first-order valence-electron chi connectivity index (χ1n) is 5.87. The van der Waals surface area contributed by atoms with Crippen molar-refractivity contribution in [2.75, 3.05) is 26.2 Å². The Hall–Kier alpha value is -0.570. The van der Waals surface area contributed by atoms with Gasteiger partial charge in [0.05, 0.1) is 5.92 Å². The third-order valence-corrected chi connectivity index (χ3v) is 3.30. The van der Waals surface area contributed by atoms with Crippen LogP contribution in [0.15, 0.2) is 0 Å². The summed E-state index contributed by atoms with van der Waals surface area (Å²) in [6.07, 6.45) is 6.35. The van der Waals surface area contributed by atoms with Crippen molar-refractivity contribution in [3.8, 4) is 0 Å². The van der Waals surface area contributed by atoms with Crippen LogP contribution in [0.1, 0.15) is 32.1 Å². The number of carbonyl (C=O) groups is 1. The van der Waals surface area contributed by atoms with Gasteiger partial charge >= 0.3 is 0 Å². The highest BCUT2D eigenvalue weighted by molar-refractivity contribution is 5.80. The molecule has 2 fully saturated rings. The highest BCUT2D eigenvalue weighted by atomic mass is 16.2. The van der Waals surface area contributed by atoms with Gasteiger partial charge in [-0.3, -0.25) is 4.79 Å². The van der Waals surface area contributed by atoms with E-state index < -0.39 is 0 Å². The van der Waals surface area contributed by atoms with Crippen molar-refractivity contribution in [3.05, 3.63) is 0 Å². The smallest absolute Gasteiger partial charge is 0.228 e. The van der Waals surface area contributed by atoms with Crippen LogP contribution < -0.4 is 5.32 Å². The predicted molar refractivity (Wildman–Crippen MR) is 56.0 cm³/mol. The molecule has 2 saturated heterocycles. The summed E-state index contributed by atoms with van der Waals surface area (Å²) in [4.78, 5) is 14.0. The molecule has 0 saturated carbocycles. The van der Waals surface area contributed by atoms with Gasteiger partial charge in [0.15, 0.2) is 0 Å². The fourth-order valence-electron chi connectivity index (χ4n) is 2.19. The predicted octanol–water partition coefficient (Wildman–Crippen LogP) is 0.998. The van der Waals surface area contributed by atoms with Gasteiger partial charge in [-0.25, -0.2) is 0 Å².